The molecule has 0 spiro atoms. The summed E-state index contributed by atoms with van der Waals surface area (Å²) in [6.07, 6.45) is 22.0. The van der Waals surface area contributed by atoms with Gasteiger partial charge in [0, 0.05) is 0 Å². The lowest BCUT2D eigenvalue weighted by Gasteiger charge is -2.58. The zero-order chi connectivity index (χ0) is 18.7. The third-order valence-corrected chi connectivity index (χ3v) is 9.09. The third-order valence-electron chi connectivity index (χ3n) is 9.09. The fourth-order valence-electron chi connectivity index (χ4n) is 7.13. The van der Waals surface area contributed by atoms with Crippen molar-refractivity contribution in [3.8, 4) is 0 Å². The molecule has 4 fully saturated rings. The molecule has 0 unspecified atom stereocenters. The second-order valence-corrected chi connectivity index (χ2v) is 10.4. The van der Waals surface area contributed by atoms with E-state index in [-0.39, 0.29) is 0 Å². The van der Waals surface area contributed by atoms with Crippen LogP contribution in [-0.2, 0) is 11.8 Å². The van der Waals surface area contributed by atoms with Crippen LogP contribution in [0.4, 0.5) is 0 Å². The van der Waals surface area contributed by atoms with Crippen LogP contribution in [0.15, 0.2) is 24.3 Å². The van der Waals surface area contributed by atoms with Crippen LogP contribution < -0.4 is 0 Å². The summed E-state index contributed by atoms with van der Waals surface area (Å²) in [5.74, 6) is 2.12. The van der Waals surface area contributed by atoms with Gasteiger partial charge in [-0.1, -0.05) is 76.6 Å². The monoisotopic (exact) mass is 366 g/mol. The van der Waals surface area contributed by atoms with Gasteiger partial charge in [0.1, 0.15) is 0 Å². The first-order chi connectivity index (χ1) is 13.2. The molecule has 0 atom stereocenters. The molecule has 0 amide bonds. The molecule has 0 nitrogen and oxygen atoms in total. The highest BCUT2D eigenvalue weighted by molar-refractivity contribution is 5.31. The molecule has 0 heteroatoms. The second-order valence-electron chi connectivity index (χ2n) is 10.4. The summed E-state index contributed by atoms with van der Waals surface area (Å²) >= 11 is 0. The van der Waals surface area contributed by atoms with E-state index in [0.717, 1.165) is 17.3 Å². The minimum atomic E-state index is 0.533. The molecule has 0 saturated heterocycles. The van der Waals surface area contributed by atoms with Crippen molar-refractivity contribution in [2.45, 2.75) is 116 Å². The highest BCUT2D eigenvalue weighted by Gasteiger charge is 2.52. The van der Waals surface area contributed by atoms with Gasteiger partial charge in [-0.05, 0) is 91.6 Å². The molecule has 4 saturated carbocycles. The van der Waals surface area contributed by atoms with Crippen LogP contribution in [0, 0.1) is 17.3 Å². The first-order valence-corrected chi connectivity index (χ1v) is 12.3. The maximum atomic E-state index is 2.49. The number of hydrogen-bond acceptors (Lipinski definition) is 0. The zero-order valence-corrected chi connectivity index (χ0v) is 18.1. The molecule has 4 aliphatic rings. The van der Waals surface area contributed by atoms with Crippen molar-refractivity contribution < 1.29 is 0 Å². The lowest BCUT2D eigenvalue weighted by Crippen LogP contribution is -2.48. The lowest BCUT2D eigenvalue weighted by atomic mass is 9.47. The van der Waals surface area contributed by atoms with Crippen molar-refractivity contribution >= 4 is 0 Å². The maximum Gasteiger partial charge on any atom is -0.00463 e. The molecule has 4 aliphatic carbocycles. The van der Waals surface area contributed by atoms with E-state index in [9.17, 15) is 0 Å². The van der Waals surface area contributed by atoms with Gasteiger partial charge in [-0.2, -0.15) is 0 Å². The highest BCUT2D eigenvalue weighted by atomic mass is 14.6. The molecule has 0 aromatic heterocycles. The van der Waals surface area contributed by atoms with Gasteiger partial charge in [0.25, 0.3) is 0 Å². The Balaban J connectivity index is 1.37. The number of unbranched alkanes of at least 4 members (excludes halogenated alkanes) is 1. The molecule has 150 valence electrons. The Bertz CT molecular complexity index is 562. The van der Waals surface area contributed by atoms with E-state index in [1.807, 2.05) is 0 Å². The van der Waals surface area contributed by atoms with Crippen molar-refractivity contribution in [2.75, 3.05) is 0 Å². The van der Waals surface area contributed by atoms with Gasteiger partial charge < -0.3 is 0 Å². The van der Waals surface area contributed by atoms with Crippen LogP contribution in [0.1, 0.15) is 115 Å². The molecule has 2 bridgehead atoms. The Labute approximate surface area is 168 Å². The Kier molecular flexibility index (Phi) is 6.00. The number of benzene rings is 1. The van der Waals surface area contributed by atoms with Gasteiger partial charge in [0.15, 0.2) is 0 Å². The number of fused-ring (bicyclic) bond motifs is 3. The molecular formula is C27H42. The van der Waals surface area contributed by atoms with Gasteiger partial charge in [0.05, 0.1) is 0 Å². The molecule has 5 rings (SSSR count). The van der Waals surface area contributed by atoms with Crippen molar-refractivity contribution in [1.29, 1.82) is 0 Å². The molecule has 27 heavy (non-hydrogen) atoms. The SMILES string of the molecule is CCCC[C@H]1CC[C@H](C23CCC(c4ccc(CCC)cc4)(CC2)CC3)CC1. The summed E-state index contributed by atoms with van der Waals surface area (Å²) in [5, 5.41) is 0. The first kappa shape index (κ1) is 19.5. The average molecular weight is 367 g/mol. The van der Waals surface area contributed by atoms with E-state index in [0.29, 0.717) is 5.41 Å². The average Bonchev–Trinajstić information content (AvgIpc) is 2.75. The van der Waals surface area contributed by atoms with Crippen LogP contribution in [0.2, 0.25) is 0 Å². The quantitative estimate of drug-likeness (QED) is 0.456. The Hall–Kier alpha value is -0.780. The predicted octanol–water partition coefficient (Wildman–Crippen LogP) is 8.23. The zero-order valence-electron chi connectivity index (χ0n) is 18.1. The minimum absolute atomic E-state index is 0.533. The van der Waals surface area contributed by atoms with Crippen molar-refractivity contribution in [3.63, 3.8) is 0 Å². The van der Waals surface area contributed by atoms with Crippen LogP contribution >= 0.6 is 0 Å². The summed E-state index contributed by atoms with van der Waals surface area (Å²) in [6, 6.07) is 9.81. The summed E-state index contributed by atoms with van der Waals surface area (Å²) in [5.41, 5.74) is 4.46. The second kappa shape index (κ2) is 8.30. The van der Waals surface area contributed by atoms with E-state index >= 15 is 0 Å². The van der Waals surface area contributed by atoms with Gasteiger partial charge in [-0.15, -0.1) is 0 Å². The van der Waals surface area contributed by atoms with Gasteiger partial charge in [0.2, 0.25) is 0 Å². The summed E-state index contributed by atoms with van der Waals surface area (Å²) < 4.78 is 0. The van der Waals surface area contributed by atoms with Gasteiger partial charge >= 0.3 is 0 Å². The fourth-order valence-corrected chi connectivity index (χ4v) is 7.13. The smallest absolute Gasteiger partial charge is 0.00463 e. The van der Waals surface area contributed by atoms with Gasteiger partial charge in [-0.3, -0.25) is 0 Å². The maximum absolute atomic E-state index is 2.49. The summed E-state index contributed by atoms with van der Waals surface area (Å²) in [6.45, 7) is 4.63. The summed E-state index contributed by atoms with van der Waals surface area (Å²) in [4.78, 5) is 0. The van der Waals surface area contributed by atoms with E-state index in [1.54, 1.807) is 18.4 Å². The minimum Gasteiger partial charge on any atom is -0.0654 e. The first-order valence-electron chi connectivity index (χ1n) is 12.3. The Morgan fingerprint density at radius 1 is 0.778 bits per heavy atom. The lowest BCUT2D eigenvalue weighted by molar-refractivity contribution is -0.0294. The number of rotatable bonds is 7. The molecule has 0 N–H and O–H groups in total. The normalized spacial score (nSPS) is 36.1. The number of aryl methyl sites for hydroxylation is 1. The van der Waals surface area contributed by atoms with Crippen LogP contribution in [0.3, 0.4) is 0 Å². The predicted molar refractivity (Wildman–Crippen MR) is 117 cm³/mol. The van der Waals surface area contributed by atoms with E-state index in [2.05, 4.69) is 38.1 Å². The van der Waals surface area contributed by atoms with Gasteiger partial charge in [-0.25, -0.2) is 0 Å². The standard InChI is InChI=1S/C27H42/c1-3-5-7-23-10-14-25(15-11-23)27-19-16-26(17-20-27,18-21-27)24-12-8-22(6-4-2)9-13-24/h8-9,12-13,23,25H,3-7,10-11,14-21H2,1-2H3/t23-,25-,26?,27?. The molecule has 1 aromatic rings. The molecular weight excluding hydrogens is 324 g/mol. The molecule has 0 heterocycles. The Morgan fingerprint density at radius 2 is 1.41 bits per heavy atom. The largest absolute Gasteiger partial charge is 0.0654 e. The molecule has 0 radical (unpaired) electrons. The van der Waals surface area contributed by atoms with Crippen LogP contribution in [0.25, 0.3) is 0 Å². The van der Waals surface area contributed by atoms with E-state index in [4.69, 9.17) is 0 Å². The highest BCUT2D eigenvalue weighted by Crippen LogP contribution is 2.62. The Morgan fingerprint density at radius 3 is 1.96 bits per heavy atom. The third kappa shape index (κ3) is 3.88. The summed E-state index contributed by atoms with van der Waals surface area (Å²) in [7, 11) is 0. The fraction of sp³-hybridized carbons (Fsp3) is 0.778. The topological polar surface area (TPSA) is 0 Å². The van der Waals surface area contributed by atoms with E-state index < -0.39 is 0 Å². The molecule has 0 aliphatic heterocycles. The van der Waals surface area contributed by atoms with Crippen LogP contribution in [-0.4, -0.2) is 0 Å². The van der Waals surface area contributed by atoms with Crippen LogP contribution in [0.5, 0.6) is 0 Å². The van der Waals surface area contributed by atoms with E-state index in [1.165, 1.54) is 89.0 Å². The van der Waals surface area contributed by atoms with Crippen molar-refractivity contribution in [1.82, 2.24) is 0 Å². The van der Waals surface area contributed by atoms with Crippen molar-refractivity contribution in [3.05, 3.63) is 35.4 Å². The number of hydrogen-bond donors (Lipinski definition) is 0. The molecule has 1 aromatic carbocycles. The van der Waals surface area contributed by atoms with Crippen molar-refractivity contribution in [2.24, 2.45) is 17.3 Å².